The fraction of sp³-hybridized carbons (Fsp3) is 0.182. The minimum Gasteiger partial charge on any atom is -0.397 e. The molecule has 2 rings (SSSR count). The van der Waals surface area contributed by atoms with Gasteiger partial charge in [-0.1, -0.05) is 18.2 Å². The molecule has 1 heterocycles. The molecule has 1 aromatic carbocycles. The van der Waals surface area contributed by atoms with Gasteiger partial charge in [0.25, 0.3) is 5.56 Å². The summed E-state index contributed by atoms with van der Waals surface area (Å²) in [6.45, 7) is 1.85. The number of halogens is 1. The highest BCUT2D eigenvalue weighted by Crippen LogP contribution is 2.20. The van der Waals surface area contributed by atoms with Crippen molar-refractivity contribution in [1.29, 1.82) is 0 Å². The van der Waals surface area contributed by atoms with Crippen molar-refractivity contribution in [3.8, 4) is 0 Å². The zero-order valence-electron chi connectivity index (χ0n) is 8.65. The molecule has 0 unspecified atom stereocenters. The van der Waals surface area contributed by atoms with Gasteiger partial charge >= 0.3 is 0 Å². The van der Waals surface area contributed by atoms with Crippen LogP contribution in [-0.4, -0.2) is 4.57 Å². The number of nitrogen functional groups attached to an aromatic ring is 1. The number of benzene rings is 1. The highest BCUT2D eigenvalue weighted by molar-refractivity contribution is 5.93. The first-order valence-electron chi connectivity index (χ1n) is 4.46. The zero-order chi connectivity index (χ0) is 10.3. The molecule has 1 aromatic heterocycles. The van der Waals surface area contributed by atoms with Crippen LogP contribution in [0, 0.1) is 6.92 Å². The first-order valence-corrected chi connectivity index (χ1v) is 4.46. The Labute approximate surface area is 93.9 Å². The maximum absolute atomic E-state index is 11.8. The number of rotatable bonds is 0. The minimum atomic E-state index is 0. The number of nitrogens with zero attached hydrogens (tertiary/aromatic N) is 1. The van der Waals surface area contributed by atoms with E-state index in [4.69, 9.17) is 5.73 Å². The molecule has 2 N–H and O–H groups in total. The van der Waals surface area contributed by atoms with Gasteiger partial charge in [-0.05, 0) is 13.0 Å². The van der Waals surface area contributed by atoms with E-state index in [0.29, 0.717) is 11.1 Å². The molecule has 4 heteroatoms. The van der Waals surface area contributed by atoms with Crippen LogP contribution in [0.1, 0.15) is 5.69 Å². The molecule has 0 aliphatic rings. The van der Waals surface area contributed by atoms with Crippen LogP contribution in [0.2, 0.25) is 0 Å². The Kier molecular flexibility index (Phi) is 3.05. The van der Waals surface area contributed by atoms with Crippen molar-refractivity contribution in [3.05, 3.63) is 40.3 Å². The van der Waals surface area contributed by atoms with Gasteiger partial charge in [0.05, 0.1) is 5.69 Å². The van der Waals surface area contributed by atoms with Crippen LogP contribution >= 0.6 is 12.4 Å². The van der Waals surface area contributed by atoms with Gasteiger partial charge in [0, 0.05) is 23.5 Å². The lowest BCUT2D eigenvalue weighted by atomic mass is 10.1. The summed E-state index contributed by atoms with van der Waals surface area (Å²) >= 11 is 0. The van der Waals surface area contributed by atoms with Crippen LogP contribution in [0.25, 0.3) is 10.8 Å². The van der Waals surface area contributed by atoms with Crippen LogP contribution in [0.5, 0.6) is 0 Å². The van der Waals surface area contributed by atoms with Gasteiger partial charge in [-0.15, -0.1) is 12.4 Å². The lowest BCUT2D eigenvalue weighted by Gasteiger charge is -2.09. The number of hydrogen-bond donors (Lipinski definition) is 1. The first kappa shape index (κ1) is 11.6. The summed E-state index contributed by atoms with van der Waals surface area (Å²) in [4.78, 5) is 11.8. The number of hydrogen-bond acceptors (Lipinski definition) is 2. The molecule has 0 saturated heterocycles. The molecule has 0 aliphatic carbocycles. The van der Waals surface area contributed by atoms with Crippen LogP contribution < -0.4 is 11.3 Å². The molecule has 0 saturated carbocycles. The van der Waals surface area contributed by atoms with Crippen LogP contribution in [-0.2, 0) is 7.05 Å². The summed E-state index contributed by atoms with van der Waals surface area (Å²) in [5.41, 5.74) is 7.43. The average Bonchev–Trinajstić information content (AvgIpc) is 2.23. The van der Waals surface area contributed by atoms with Crippen LogP contribution in [0.4, 0.5) is 5.69 Å². The van der Waals surface area contributed by atoms with Gasteiger partial charge < -0.3 is 10.3 Å². The maximum atomic E-state index is 11.8. The lowest BCUT2D eigenvalue weighted by Crippen LogP contribution is -2.20. The van der Waals surface area contributed by atoms with Gasteiger partial charge in [-0.25, -0.2) is 0 Å². The van der Waals surface area contributed by atoms with E-state index in [-0.39, 0.29) is 18.0 Å². The Hall–Kier alpha value is -1.48. The third kappa shape index (κ3) is 1.59. The Morgan fingerprint density at radius 1 is 1.20 bits per heavy atom. The van der Waals surface area contributed by atoms with Gasteiger partial charge in [0.1, 0.15) is 0 Å². The molecule has 0 amide bonds. The van der Waals surface area contributed by atoms with Crippen molar-refractivity contribution in [3.63, 3.8) is 0 Å². The van der Waals surface area contributed by atoms with Crippen LogP contribution in [0.3, 0.4) is 0 Å². The second-order valence-corrected chi connectivity index (χ2v) is 3.41. The first-order chi connectivity index (χ1) is 6.63. The fourth-order valence-electron chi connectivity index (χ4n) is 1.61. The molecular weight excluding hydrogens is 212 g/mol. The van der Waals surface area contributed by atoms with E-state index in [1.54, 1.807) is 17.7 Å². The fourth-order valence-corrected chi connectivity index (χ4v) is 1.61. The molecule has 0 fully saturated rings. The largest absolute Gasteiger partial charge is 0.397 e. The van der Waals surface area contributed by atoms with E-state index in [9.17, 15) is 4.79 Å². The predicted molar refractivity (Wildman–Crippen MR) is 65.6 cm³/mol. The minimum absolute atomic E-state index is 0. The second kappa shape index (κ2) is 3.95. The molecule has 0 spiro atoms. The van der Waals surface area contributed by atoms with Crippen molar-refractivity contribution in [2.45, 2.75) is 6.92 Å². The van der Waals surface area contributed by atoms with Crippen molar-refractivity contribution < 1.29 is 0 Å². The van der Waals surface area contributed by atoms with Crippen molar-refractivity contribution >= 4 is 28.9 Å². The van der Waals surface area contributed by atoms with Gasteiger partial charge in [0.15, 0.2) is 0 Å². The van der Waals surface area contributed by atoms with Crippen molar-refractivity contribution in [1.82, 2.24) is 4.57 Å². The molecule has 0 radical (unpaired) electrons. The third-order valence-electron chi connectivity index (χ3n) is 2.65. The number of nitrogens with two attached hydrogens (primary N) is 1. The molecule has 15 heavy (non-hydrogen) atoms. The molecular formula is C11H13ClN2O. The number of aromatic nitrogens is 1. The lowest BCUT2D eigenvalue weighted by molar-refractivity contribution is 0.833. The monoisotopic (exact) mass is 224 g/mol. The normalized spacial score (nSPS) is 10.0. The Morgan fingerprint density at radius 3 is 2.33 bits per heavy atom. The van der Waals surface area contributed by atoms with E-state index in [1.165, 1.54) is 0 Å². The molecule has 0 atom stereocenters. The highest BCUT2D eigenvalue weighted by atomic mass is 35.5. The summed E-state index contributed by atoms with van der Waals surface area (Å²) in [6, 6.07) is 7.41. The quantitative estimate of drug-likeness (QED) is 0.743. The van der Waals surface area contributed by atoms with E-state index in [1.807, 2.05) is 25.1 Å². The second-order valence-electron chi connectivity index (χ2n) is 3.41. The summed E-state index contributed by atoms with van der Waals surface area (Å²) in [7, 11) is 1.74. The van der Waals surface area contributed by atoms with Gasteiger partial charge in [-0.2, -0.15) is 0 Å². The van der Waals surface area contributed by atoms with Crippen LogP contribution in [0.15, 0.2) is 29.1 Å². The van der Waals surface area contributed by atoms with E-state index in [0.717, 1.165) is 11.1 Å². The Balaban J connectivity index is 0.00000112. The summed E-state index contributed by atoms with van der Waals surface area (Å²) in [5, 5.41) is 1.52. The molecule has 3 nitrogen and oxygen atoms in total. The third-order valence-corrected chi connectivity index (χ3v) is 2.65. The van der Waals surface area contributed by atoms with E-state index >= 15 is 0 Å². The van der Waals surface area contributed by atoms with Gasteiger partial charge in [-0.3, -0.25) is 4.79 Å². The smallest absolute Gasteiger partial charge is 0.258 e. The average molecular weight is 225 g/mol. The van der Waals surface area contributed by atoms with Crippen molar-refractivity contribution in [2.75, 3.05) is 5.73 Å². The topological polar surface area (TPSA) is 48.0 Å². The summed E-state index contributed by atoms with van der Waals surface area (Å²) in [6.07, 6.45) is 0. The number of fused-ring (bicyclic) bond motifs is 1. The summed E-state index contributed by atoms with van der Waals surface area (Å²) in [5.74, 6) is 0. The number of pyridine rings is 1. The maximum Gasteiger partial charge on any atom is 0.258 e. The molecule has 0 bridgehead atoms. The molecule has 80 valence electrons. The standard InChI is InChI=1S/C11H12N2O.ClH/c1-7-10(12)8-5-3-4-6-9(8)11(14)13(7)2;/h3-6H,12H2,1-2H3;1H. The van der Waals surface area contributed by atoms with Gasteiger partial charge in [0.2, 0.25) is 0 Å². The molecule has 2 aromatic rings. The SMILES string of the molecule is Cc1c(N)c2ccccc2c(=O)n1C.Cl. The van der Waals surface area contributed by atoms with E-state index in [2.05, 4.69) is 0 Å². The van der Waals surface area contributed by atoms with Crippen molar-refractivity contribution in [2.24, 2.45) is 7.05 Å². The predicted octanol–water partition coefficient (Wildman–Crippen LogP) is 1.85. The molecule has 0 aliphatic heterocycles. The Morgan fingerprint density at radius 2 is 1.73 bits per heavy atom. The zero-order valence-corrected chi connectivity index (χ0v) is 9.47. The summed E-state index contributed by atoms with van der Waals surface area (Å²) < 4.78 is 1.58. The Bertz CT molecular complexity index is 560. The number of anilines is 1. The highest BCUT2D eigenvalue weighted by Gasteiger charge is 2.07. The van der Waals surface area contributed by atoms with E-state index < -0.39 is 0 Å².